The Morgan fingerprint density at radius 1 is 1.43 bits per heavy atom. The quantitative estimate of drug-likeness (QED) is 0.822. The molecule has 1 aliphatic heterocycles. The summed E-state index contributed by atoms with van der Waals surface area (Å²) in [6, 6.07) is 7.47. The zero-order valence-electron chi connectivity index (χ0n) is 12.3. The highest BCUT2D eigenvalue weighted by molar-refractivity contribution is 7.80. The molecular formula is C15H21N3O2S. The zero-order valence-corrected chi connectivity index (χ0v) is 13.2. The van der Waals surface area contributed by atoms with Gasteiger partial charge < -0.3 is 15.8 Å². The van der Waals surface area contributed by atoms with E-state index in [2.05, 4.69) is 17.1 Å². The maximum atomic E-state index is 12.1. The summed E-state index contributed by atoms with van der Waals surface area (Å²) in [5.74, 6) is -0.0287. The molecule has 1 aromatic rings. The fraction of sp³-hybridized carbons (Fsp3) is 0.467. The average Bonchev–Trinajstić information content (AvgIpc) is 2.43. The van der Waals surface area contributed by atoms with Crippen molar-refractivity contribution in [1.82, 2.24) is 4.90 Å². The number of nitrogens with one attached hydrogen (secondary N) is 1. The summed E-state index contributed by atoms with van der Waals surface area (Å²) in [7, 11) is 0. The van der Waals surface area contributed by atoms with Crippen molar-refractivity contribution < 1.29 is 9.53 Å². The molecule has 1 saturated heterocycles. The van der Waals surface area contributed by atoms with E-state index in [-0.39, 0.29) is 18.1 Å². The number of ether oxygens (including phenoxy) is 1. The van der Waals surface area contributed by atoms with E-state index in [1.54, 1.807) is 24.3 Å². The van der Waals surface area contributed by atoms with Gasteiger partial charge in [-0.3, -0.25) is 9.69 Å². The molecule has 2 unspecified atom stereocenters. The van der Waals surface area contributed by atoms with Crippen LogP contribution in [0.15, 0.2) is 24.3 Å². The van der Waals surface area contributed by atoms with E-state index in [1.807, 2.05) is 6.92 Å². The van der Waals surface area contributed by atoms with Gasteiger partial charge in [-0.15, -0.1) is 0 Å². The maximum absolute atomic E-state index is 12.1. The van der Waals surface area contributed by atoms with Gasteiger partial charge in [0, 0.05) is 23.8 Å². The minimum Gasteiger partial charge on any atom is -0.389 e. The molecule has 1 heterocycles. The van der Waals surface area contributed by atoms with Gasteiger partial charge in [0.15, 0.2) is 0 Å². The number of carbonyl (C=O) groups excluding carboxylic acids is 1. The van der Waals surface area contributed by atoms with E-state index >= 15 is 0 Å². The molecule has 0 spiro atoms. The highest BCUT2D eigenvalue weighted by Gasteiger charge is 2.24. The molecule has 0 bridgehead atoms. The lowest BCUT2D eigenvalue weighted by molar-refractivity contribution is -0.121. The van der Waals surface area contributed by atoms with Crippen molar-refractivity contribution in [2.75, 3.05) is 25.0 Å². The first-order chi connectivity index (χ1) is 9.95. The Morgan fingerprint density at radius 3 is 2.71 bits per heavy atom. The summed E-state index contributed by atoms with van der Waals surface area (Å²) >= 11 is 4.90. The predicted molar refractivity (Wildman–Crippen MR) is 87.4 cm³/mol. The van der Waals surface area contributed by atoms with Crippen LogP contribution >= 0.6 is 12.2 Å². The van der Waals surface area contributed by atoms with E-state index in [0.29, 0.717) is 18.1 Å². The zero-order chi connectivity index (χ0) is 15.4. The van der Waals surface area contributed by atoms with Crippen molar-refractivity contribution in [1.29, 1.82) is 0 Å². The van der Waals surface area contributed by atoms with Crippen LogP contribution in [0.2, 0.25) is 0 Å². The van der Waals surface area contributed by atoms with Gasteiger partial charge in [-0.05, 0) is 38.1 Å². The fourth-order valence-corrected chi connectivity index (χ4v) is 2.43. The second-order valence-corrected chi connectivity index (χ2v) is 5.85. The summed E-state index contributed by atoms with van der Waals surface area (Å²) in [5.41, 5.74) is 7.08. The van der Waals surface area contributed by atoms with Crippen LogP contribution in [0.4, 0.5) is 5.69 Å². The number of rotatable bonds is 4. The van der Waals surface area contributed by atoms with E-state index in [9.17, 15) is 4.79 Å². The van der Waals surface area contributed by atoms with Crippen LogP contribution in [0.3, 0.4) is 0 Å². The molecule has 1 fully saturated rings. The maximum Gasteiger partial charge on any atom is 0.238 e. The van der Waals surface area contributed by atoms with Gasteiger partial charge in [0.05, 0.1) is 19.3 Å². The number of anilines is 1. The Bertz CT molecular complexity index is 518. The molecule has 6 heteroatoms. The van der Waals surface area contributed by atoms with Crippen LogP contribution in [0.5, 0.6) is 0 Å². The molecule has 0 aliphatic carbocycles. The molecule has 5 nitrogen and oxygen atoms in total. The van der Waals surface area contributed by atoms with Gasteiger partial charge in [-0.1, -0.05) is 12.2 Å². The molecule has 3 N–H and O–H groups in total. The summed E-state index contributed by atoms with van der Waals surface area (Å²) in [4.78, 5) is 14.6. The van der Waals surface area contributed by atoms with Crippen molar-refractivity contribution in [3.8, 4) is 0 Å². The molecular weight excluding hydrogens is 286 g/mol. The van der Waals surface area contributed by atoms with Crippen LogP contribution in [0, 0.1) is 0 Å². The third kappa shape index (κ3) is 4.49. The number of hydrogen-bond donors (Lipinski definition) is 2. The number of carbonyl (C=O) groups is 1. The van der Waals surface area contributed by atoms with Gasteiger partial charge in [0.2, 0.25) is 5.91 Å². The van der Waals surface area contributed by atoms with Crippen LogP contribution in [-0.2, 0) is 9.53 Å². The summed E-state index contributed by atoms with van der Waals surface area (Å²) in [5, 5.41) is 2.89. The van der Waals surface area contributed by atoms with Gasteiger partial charge in [-0.2, -0.15) is 0 Å². The van der Waals surface area contributed by atoms with Crippen molar-refractivity contribution in [3.05, 3.63) is 29.8 Å². The average molecular weight is 307 g/mol. The number of benzene rings is 1. The lowest BCUT2D eigenvalue weighted by Gasteiger charge is -2.36. The van der Waals surface area contributed by atoms with E-state index in [4.69, 9.17) is 22.7 Å². The SMILES string of the molecule is CC1CN(CC(=O)Nc2ccc(C(N)=S)cc2)C(C)CO1. The van der Waals surface area contributed by atoms with Crippen LogP contribution in [0.25, 0.3) is 0 Å². The largest absolute Gasteiger partial charge is 0.389 e. The van der Waals surface area contributed by atoms with E-state index in [0.717, 1.165) is 17.8 Å². The van der Waals surface area contributed by atoms with Gasteiger partial charge >= 0.3 is 0 Å². The standard InChI is InChI=1S/C15H21N3O2S/c1-10-9-20-11(2)7-18(10)8-14(19)17-13-5-3-12(4-6-13)15(16)21/h3-6,10-11H,7-9H2,1-2H3,(H2,16,21)(H,17,19). The van der Waals surface area contributed by atoms with E-state index < -0.39 is 0 Å². The normalized spacial score (nSPS) is 22.8. The number of amides is 1. The van der Waals surface area contributed by atoms with Gasteiger partial charge in [0.1, 0.15) is 4.99 Å². The molecule has 1 aliphatic rings. The minimum absolute atomic E-state index is 0.0287. The molecule has 2 atom stereocenters. The lowest BCUT2D eigenvalue weighted by atomic mass is 10.2. The number of nitrogens with two attached hydrogens (primary N) is 1. The molecule has 21 heavy (non-hydrogen) atoms. The molecule has 0 aromatic heterocycles. The Kier molecular flexibility index (Phi) is 5.27. The summed E-state index contributed by atoms with van der Waals surface area (Å²) in [6.07, 6.45) is 0.166. The van der Waals surface area contributed by atoms with Crippen molar-refractivity contribution >= 4 is 28.8 Å². The Balaban J connectivity index is 1.90. The second kappa shape index (κ2) is 6.98. The first-order valence-electron chi connectivity index (χ1n) is 7.01. The van der Waals surface area contributed by atoms with Crippen molar-refractivity contribution in [2.24, 2.45) is 5.73 Å². The first kappa shape index (κ1) is 15.9. The Morgan fingerprint density at radius 2 is 2.10 bits per heavy atom. The Hall–Kier alpha value is -1.50. The monoisotopic (exact) mass is 307 g/mol. The Labute approximate surface area is 130 Å². The fourth-order valence-electron chi connectivity index (χ4n) is 2.30. The summed E-state index contributed by atoms with van der Waals surface area (Å²) < 4.78 is 5.56. The molecule has 1 aromatic carbocycles. The predicted octanol–water partition coefficient (Wildman–Crippen LogP) is 1.37. The molecule has 0 saturated carbocycles. The smallest absolute Gasteiger partial charge is 0.238 e. The van der Waals surface area contributed by atoms with Gasteiger partial charge in [-0.25, -0.2) is 0 Å². The number of thiocarbonyl (C=S) groups is 1. The third-order valence-electron chi connectivity index (χ3n) is 3.54. The second-order valence-electron chi connectivity index (χ2n) is 5.41. The number of morpholine rings is 1. The number of hydrogen-bond acceptors (Lipinski definition) is 4. The van der Waals surface area contributed by atoms with Gasteiger partial charge in [0.25, 0.3) is 0 Å². The number of nitrogens with zero attached hydrogens (tertiary/aromatic N) is 1. The molecule has 2 rings (SSSR count). The third-order valence-corrected chi connectivity index (χ3v) is 3.77. The van der Waals surface area contributed by atoms with Crippen LogP contribution in [0.1, 0.15) is 19.4 Å². The van der Waals surface area contributed by atoms with E-state index in [1.165, 1.54) is 0 Å². The molecule has 0 radical (unpaired) electrons. The van der Waals surface area contributed by atoms with Crippen LogP contribution in [-0.4, -0.2) is 47.6 Å². The van der Waals surface area contributed by atoms with Crippen molar-refractivity contribution in [3.63, 3.8) is 0 Å². The minimum atomic E-state index is -0.0287. The molecule has 114 valence electrons. The first-order valence-corrected chi connectivity index (χ1v) is 7.42. The lowest BCUT2D eigenvalue weighted by Crippen LogP contribution is -2.50. The highest BCUT2D eigenvalue weighted by atomic mass is 32.1. The topological polar surface area (TPSA) is 67.6 Å². The molecule has 1 amide bonds. The highest BCUT2D eigenvalue weighted by Crippen LogP contribution is 2.13. The van der Waals surface area contributed by atoms with Crippen molar-refractivity contribution in [2.45, 2.75) is 26.0 Å². The van der Waals surface area contributed by atoms with Crippen LogP contribution < -0.4 is 11.1 Å². The summed E-state index contributed by atoms with van der Waals surface area (Å²) in [6.45, 7) is 5.89.